The molecule has 174 valence electrons. The molecule has 0 amide bonds. The Kier molecular flexibility index (Phi) is 6.13. The van der Waals surface area contributed by atoms with E-state index < -0.39 is 0 Å². The molecular formula is C24H29N5O4. The van der Waals surface area contributed by atoms with Gasteiger partial charge >= 0.3 is 0 Å². The summed E-state index contributed by atoms with van der Waals surface area (Å²) in [6.07, 6.45) is 0.850. The van der Waals surface area contributed by atoms with Crippen molar-refractivity contribution < 1.29 is 14.2 Å². The molecule has 9 nitrogen and oxygen atoms in total. The van der Waals surface area contributed by atoms with Crippen molar-refractivity contribution in [3.05, 3.63) is 45.7 Å². The van der Waals surface area contributed by atoms with Crippen LogP contribution in [0.3, 0.4) is 0 Å². The molecule has 4 rings (SSSR count). The van der Waals surface area contributed by atoms with E-state index >= 15 is 0 Å². The van der Waals surface area contributed by atoms with Gasteiger partial charge in [-0.05, 0) is 36.6 Å². The number of fused-ring (bicyclic) bond motifs is 2. The van der Waals surface area contributed by atoms with Crippen LogP contribution in [0.15, 0.2) is 34.1 Å². The normalized spacial score (nSPS) is 13.6. The van der Waals surface area contributed by atoms with Crippen molar-refractivity contribution in [2.45, 2.75) is 19.9 Å². The maximum Gasteiger partial charge on any atom is 0.286 e. The van der Waals surface area contributed by atoms with Gasteiger partial charge < -0.3 is 29.0 Å². The first kappa shape index (κ1) is 22.4. The molecule has 3 aromatic rings. The summed E-state index contributed by atoms with van der Waals surface area (Å²) in [5.74, 6) is 2.57. The van der Waals surface area contributed by atoms with Crippen LogP contribution in [0.2, 0.25) is 0 Å². The lowest BCUT2D eigenvalue weighted by Crippen LogP contribution is -2.33. The molecule has 33 heavy (non-hydrogen) atoms. The molecule has 0 atom stereocenters. The molecule has 1 aliphatic heterocycles. The van der Waals surface area contributed by atoms with E-state index in [-0.39, 0.29) is 5.56 Å². The Morgan fingerprint density at radius 1 is 1.09 bits per heavy atom. The Bertz CT molecular complexity index is 1280. The molecule has 2 heterocycles. The third kappa shape index (κ3) is 4.18. The van der Waals surface area contributed by atoms with E-state index in [1.54, 1.807) is 13.2 Å². The molecule has 0 saturated carbocycles. The number of anilines is 1. The molecule has 9 heteroatoms. The summed E-state index contributed by atoms with van der Waals surface area (Å²) < 4.78 is 16.3. The summed E-state index contributed by atoms with van der Waals surface area (Å²) in [4.78, 5) is 29.4. The SMILES string of the molecule is COc1cc2[nH]c(N3CCc4ccc(/N=C(\C)N(C)C)cc4C3)nc(=O)c2c(OC)c1OC. The molecule has 0 saturated heterocycles. The van der Waals surface area contributed by atoms with Crippen molar-refractivity contribution in [1.29, 1.82) is 0 Å². The smallest absolute Gasteiger partial charge is 0.286 e. The Hall–Kier alpha value is -3.75. The number of hydrogen-bond acceptors (Lipinski definition) is 7. The molecule has 0 fully saturated rings. The molecular weight excluding hydrogens is 422 g/mol. The average Bonchev–Trinajstić information content (AvgIpc) is 2.81. The van der Waals surface area contributed by atoms with E-state index in [2.05, 4.69) is 32.0 Å². The van der Waals surface area contributed by atoms with Crippen LogP contribution in [0.25, 0.3) is 10.9 Å². The summed E-state index contributed by atoms with van der Waals surface area (Å²) in [5, 5.41) is 0.326. The minimum Gasteiger partial charge on any atom is -0.493 e. The van der Waals surface area contributed by atoms with Gasteiger partial charge in [0, 0.05) is 33.3 Å². The number of hydrogen-bond donors (Lipinski definition) is 1. The van der Waals surface area contributed by atoms with Gasteiger partial charge in [-0.15, -0.1) is 0 Å². The topological polar surface area (TPSA) is 92.3 Å². The van der Waals surface area contributed by atoms with E-state index in [4.69, 9.17) is 14.2 Å². The van der Waals surface area contributed by atoms with Gasteiger partial charge in [-0.25, -0.2) is 4.99 Å². The van der Waals surface area contributed by atoms with Gasteiger partial charge in [0.15, 0.2) is 11.5 Å². The standard InChI is InChI=1S/C24H29N5O4/c1-14(28(2)3)25-17-8-7-15-9-10-29(13-16(15)11-17)24-26-18-12-19(31-4)21(32-5)22(33-6)20(18)23(30)27-24/h7-8,11-12H,9-10,13H2,1-6H3,(H,26,27,30)/b25-14+. The zero-order chi connectivity index (χ0) is 23.7. The largest absolute Gasteiger partial charge is 0.493 e. The van der Waals surface area contributed by atoms with Crippen LogP contribution in [0, 0.1) is 0 Å². The first-order valence-electron chi connectivity index (χ1n) is 10.7. The summed E-state index contributed by atoms with van der Waals surface area (Å²) in [6.45, 7) is 3.34. The average molecular weight is 452 g/mol. The zero-order valence-corrected chi connectivity index (χ0v) is 19.9. The molecule has 1 aliphatic rings. The van der Waals surface area contributed by atoms with E-state index in [1.165, 1.54) is 25.3 Å². The number of aliphatic imine (C=N–C) groups is 1. The second-order valence-electron chi connectivity index (χ2n) is 8.11. The lowest BCUT2D eigenvalue weighted by molar-refractivity contribution is 0.327. The van der Waals surface area contributed by atoms with Crippen LogP contribution in [0.5, 0.6) is 17.2 Å². The van der Waals surface area contributed by atoms with Gasteiger partial charge in [-0.3, -0.25) is 4.79 Å². The lowest BCUT2D eigenvalue weighted by atomic mass is 9.99. The summed E-state index contributed by atoms with van der Waals surface area (Å²) in [7, 11) is 8.49. The zero-order valence-electron chi connectivity index (χ0n) is 19.9. The maximum absolute atomic E-state index is 13.0. The number of amidine groups is 1. The van der Waals surface area contributed by atoms with E-state index in [0.717, 1.165) is 24.5 Å². The number of nitrogens with zero attached hydrogens (tertiary/aromatic N) is 4. The van der Waals surface area contributed by atoms with Crippen LogP contribution in [-0.4, -0.2) is 62.7 Å². The Labute approximate surface area is 192 Å². The number of methoxy groups -OCH3 is 3. The molecule has 1 N–H and O–H groups in total. The predicted octanol–water partition coefficient (Wildman–Crippen LogP) is 3.12. The molecule has 0 unspecified atom stereocenters. The highest BCUT2D eigenvalue weighted by Crippen LogP contribution is 2.41. The Balaban J connectivity index is 1.74. The fourth-order valence-corrected chi connectivity index (χ4v) is 4.00. The third-order valence-corrected chi connectivity index (χ3v) is 5.94. The predicted molar refractivity (Wildman–Crippen MR) is 130 cm³/mol. The second-order valence-corrected chi connectivity index (χ2v) is 8.11. The van der Waals surface area contributed by atoms with Crippen LogP contribution >= 0.6 is 0 Å². The maximum atomic E-state index is 13.0. The molecule has 0 spiro atoms. The fourth-order valence-electron chi connectivity index (χ4n) is 4.00. The van der Waals surface area contributed by atoms with Crippen molar-refractivity contribution in [3.8, 4) is 17.2 Å². The van der Waals surface area contributed by atoms with Gasteiger partial charge in [0.1, 0.15) is 11.2 Å². The number of nitrogens with one attached hydrogen (secondary N) is 1. The first-order chi connectivity index (χ1) is 15.9. The number of aromatic amines is 1. The molecule has 0 aliphatic carbocycles. The molecule has 1 aromatic heterocycles. The minimum atomic E-state index is -0.387. The third-order valence-electron chi connectivity index (χ3n) is 5.94. The fraction of sp³-hybridized carbons (Fsp3) is 0.375. The highest BCUT2D eigenvalue weighted by Gasteiger charge is 2.23. The highest BCUT2D eigenvalue weighted by atomic mass is 16.5. The lowest BCUT2D eigenvalue weighted by Gasteiger charge is -2.29. The molecule has 0 bridgehead atoms. The second kappa shape index (κ2) is 9.01. The van der Waals surface area contributed by atoms with Crippen molar-refractivity contribution in [1.82, 2.24) is 14.9 Å². The van der Waals surface area contributed by atoms with Crippen molar-refractivity contribution in [2.75, 3.05) is 46.9 Å². The molecule has 0 radical (unpaired) electrons. The summed E-state index contributed by atoms with van der Waals surface area (Å²) in [5.41, 5.74) is 3.54. The monoisotopic (exact) mass is 451 g/mol. The van der Waals surface area contributed by atoms with Crippen LogP contribution in [0.1, 0.15) is 18.1 Å². The van der Waals surface area contributed by atoms with Crippen molar-refractivity contribution in [3.63, 3.8) is 0 Å². The number of rotatable bonds is 5. The summed E-state index contributed by atoms with van der Waals surface area (Å²) >= 11 is 0. The van der Waals surface area contributed by atoms with E-state index in [0.29, 0.717) is 40.6 Å². The Morgan fingerprint density at radius 3 is 2.52 bits per heavy atom. The number of H-pyrrole nitrogens is 1. The Morgan fingerprint density at radius 2 is 1.85 bits per heavy atom. The van der Waals surface area contributed by atoms with Gasteiger partial charge in [-0.2, -0.15) is 4.98 Å². The van der Waals surface area contributed by atoms with Crippen LogP contribution in [0.4, 0.5) is 11.6 Å². The van der Waals surface area contributed by atoms with Crippen LogP contribution in [-0.2, 0) is 13.0 Å². The van der Waals surface area contributed by atoms with Gasteiger partial charge in [0.2, 0.25) is 11.7 Å². The van der Waals surface area contributed by atoms with Crippen molar-refractivity contribution in [2.24, 2.45) is 4.99 Å². The van der Waals surface area contributed by atoms with Gasteiger partial charge in [-0.1, -0.05) is 6.07 Å². The quantitative estimate of drug-likeness (QED) is 0.471. The highest BCUT2D eigenvalue weighted by molar-refractivity contribution is 5.90. The minimum absolute atomic E-state index is 0.301. The number of aromatic nitrogens is 2. The van der Waals surface area contributed by atoms with Gasteiger partial charge in [0.25, 0.3) is 5.56 Å². The first-order valence-corrected chi connectivity index (χ1v) is 10.7. The summed E-state index contributed by atoms with van der Waals surface area (Å²) in [6, 6.07) is 8.01. The number of benzene rings is 2. The number of ether oxygens (including phenoxy) is 3. The van der Waals surface area contributed by atoms with Gasteiger partial charge in [0.05, 0.1) is 32.5 Å². The van der Waals surface area contributed by atoms with Crippen LogP contribution < -0.4 is 24.7 Å². The molecule has 2 aromatic carbocycles. The van der Waals surface area contributed by atoms with Crippen molar-refractivity contribution >= 4 is 28.4 Å². The van der Waals surface area contributed by atoms with E-state index in [9.17, 15) is 4.79 Å². The van der Waals surface area contributed by atoms with E-state index in [1.807, 2.05) is 32.0 Å².